The van der Waals surface area contributed by atoms with Crippen molar-refractivity contribution >= 4 is 17.3 Å². The first-order valence-corrected chi connectivity index (χ1v) is 9.36. The Morgan fingerprint density at radius 3 is 2.87 bits per heavy atom. The number of hydrogen-bond donors (Lipinski definition) is 2. The fourth-order valence-electron chi connectivity index (χ4n) is 2.90. The fourth-order valence-corrected chi connectivity index (χ4v) is 3.68. The Morgan fingerprint density at radius 1 is 1.43 bits per heavy atom. The summed E-state index contributed by atoms with van der Waals surface area (Å²) in [6.07, 6.45) is 0. The first kappa shape index (κ1) is 18.2. The molecule has 0 saturated carbocycles. The van der Waals surface area contributed by atoms with Gasteiger partial charge in [0.05, 0.1) is 13.2 Å². The topological polar surface area (TPSA) is 48.9 Å². The molecule has 1 aromatic heterocycles. The highest BCUT2D eigenvalue weighted by Gasteiger charge is 2.23. The maximum Gasteiger partial charge on any atom is 0.191 e. The highest BCUT2D eigenvalue weighted by atomic mass is 32.1. The minimum absolute atomic E-state index is 0.460. The van der Waals surface area contributed by atoms with Gasteiger partial charge in [0, 0.05) is 38.8 Å². The van der Waals surface area contributed by atoms with Crippen molar-refractivity contribution in [3.63, 3.8) is 0 Å². The third-order valence-electron chi connectivity index (χ3n) is 4.46. The molecule has 0 aromatic carbocycles. The molecule has 0 spiro atoms. The van der Waals surface area contributed by atoms with Crippen LogP contribution in [0.1, 0.15) is 32.3 Å². The van der Waals surface area contributed by atoms with Crippen LogP contribution < -0.4 is 10.6 Å². The quantitative estimate of drug-likeness (QED) is 0.616. The Balaban J connectivity index is 1.74. The molecule has 5 nitrogen and oxygen atoms in total. The van der Waals surface area contributed by atoms with Crippen molar-refractivity contribution in [2.45, 2.75) is 38.8 Å². The average molecular weight is 339 g/mol. The summed E-state index contributed by atoms with van der Waals surface area (Å²) in [6, 6.07) is 3.13. The zero-order valence-electron chi connectivity index (χ0n) is 14.7. The van der Waals surface area contributed by atoms with E-state index >= 15 is 0 Å². The molecule has 130 valence electrons. The third-order valence-corrected chi connectivity index (χ3v) is 5.16. The molecule has 2 rings (SSSR count). The number of morpholine rings is 1. The summed E-state index contributed by atoms with van der Waals surface area (Å²) in [5, 5.41) is 11.2. The smallest absolute Gasteiger partial charge is 0.191 e. The van der Waals surface area contributed by atoms with Gasteiger partial charge in [0.25, 0.3) is 0 Å². The molecule has 0 radical (unpaired) electrons. The maximum atomic E-state index is 5.51. The van der Waals surface area contributed by atoms with E-state index in [0.717, 1.165) is 38.8 Å². The van der Waals surface area contributed by atoms with Crippen molar-refractivity contribution in [3.8, 4) is 0 Å². The molecule has 1 saturated heterocycles. The Bertz CT molecular complexity index is 477. The number of thiophene rings is 1. The zero-order chi connectivity index (χ0) is 16.7. The number of nitrogens with zero attached hydrogens (tertiary/aromatic N) is 2. The Kier molecular flexibility index (Phi) is 7.33. The van der Waals surface area contributed by atoms with Gasteiger partial charge in [-0.25, -0.2) is 0 Å². The van der Waals surface area contributed by atoms with E-state index in [9.17, 15) is 0 Å². The van der Waals surface area contributed by atoms with Gasteiger partial charge in [0.1, 0.15) is 0 Å². The molecule has 23 heavy (non-hydrogen) atoms. The fraction of sp³-hybridized carbons (Fsp3) is 0.706. The first-order chi connectivity index (χ1) is 11.1. The van der Waals surface area contributed by atoms with Crippen molar-refractivity contribution in [2.24, 2.45) is 4.99 Å². The molecule has 1 aliphatic heterocycles. The predicted molar refractivity (Wildman–Crippen MR) is 98.5 cm³/mol. The van der Waals surface area contributed by atoms with Gasteiger partial charge < -0.3 is 15.4 Å². The monoisotopic (exact) mass is 338 g/mol. The zero-order valence-corrected chi connectivity index (χ0v) is 15.5. The number of rotatable bonds is 6. The summed E-state index contributed by atoms with van der Waals surface area (Å²) >= 11 is 1.75. The lowest BCUT2D eigenvalue weighted by atomic mass is 10.1. The van der Waals surface area contributed by atoms with Crippen LogP contribution in [-0.2, 0) is 4.74 Å². The summed E-state index contributed by atoms with van der Waals surface area (Å²) in [7, 11) is 1.83. The normalized spacial score (nSPS) is 22.6. The van der Waals surface area contributed by atoms with E-state index in [4.69, 9.17) is 4.74 Å². The van der Waals surface area contributed by atoms with Gasteiger partial charge in [0.2, 0.25) is 0 Å². The predicted octanol–water partition coefficient (Wildman–Crippen LogP) is 2.13. The molecule has 0 aliphatic carbocycles. The molecule has 1 aromatic rings. The van der Waals surface area contributed by atoms with Crippen LogP contribution in [0.5, 0.6) is 0 Å². The van der Waals surface area contributed by atoms with Gasteiger partial charge in [-0.1, -0.05) is 6.92 Å². The number of nitrogens with one attached hydrogen (secondary N) is 2. The van der Waals surface area contributed by atoms with Gasteiger partial charge >= 0.3 is 0 Å². The summed E-state index contributed by atoms with van der Waals surface area (Å²) in [6.45, 7) is 11.2. The van der Waals surface area contributed by atoms with Crippen LogP contribution in [0.15, 0.2) is 21.8 Å². The van der Waals surface area contributed by atoms with Crippen LogP contribution in [0.2, 0.25) is 0 Å². The highest BCUT2D eigenvalue weighted by Crippen LogP contribution is 2.17. The van der Waals surface area contributed by atoms with Crippen molar-refractivity contribution in [2.75, 3.05) is 39.9 Å². The molecule has 3 atom stereocenters. The largest absolute Gasteiger partial charge is 0.379 e. The lowest BCUT2D eigenvalue weighted by Crippen LogP contribution is -2.53. The van der Waals surface area contributed by atoms with Gasteiger partial charge in [0.15, 0.2) is 5.96 Å². The first-order valence-electron chi connectivity index (χ1n) is 8.42. The maximum absolute atomic E-state index is 5.51. The van der Waals surface area contributed by atoms with E-state index in [1.54, 1.807) is 11.3 Å². The minimum Gasteiger partial charge on any atom is -0.379 e. The molecular weight excluding hydrogens is 308 g/mol. The number of aliphatic imine (C=N–C) groups is 1. The minimum atomic E-state index is 0.460. The Morgan fingerprint density at radius 2 is 2.22 bits per heavy atom. The van der Waals surface area contributed by atoms with E-state index in [1.165, 1.54) is 5.56 Å². The SMILES string of the molecule is CN=C(NCC(C)c1ccsc1)NCC(C)N1CCOCC1C. The van der Waals surface area contributed by atoms with Gasteiger partial charge in [-0.3, -0.25) is 9.89 Å². The van der Waals surface area contributed by atoms with Gasteiger partial charge in [-0.05, 0) is 42.2 Å². The van der Waals surface area contributed by atoms with Crippen molar-refractivity contribution in [1.82, 2.24) is 15.5 Å². The van der Waals surface area contributed by atoms with E-state index in [0.29, 0.717) is 18.0 Å². The lowest BCUT2D eigenvalue weighted by Gasteiger charge is -2.38. The number of hydrogen-bond acceptors (Lipinski definition) is 4. The van der Waals surface area contributed by atoms with Crippen molar-refractivity contribution in [3.05, 3.63) is 22.4 Å². The molecule has 3 unspecified atom stereocenters. The second kappa shape index (κ2) is 9.25. The van der Waals surface area contributed by atoms with Crippen molar-refractivity contribution < 1.29 is 4.74 Å². The molecule has 2 N–H and O–H groups in total. The summed E-state index contributed by atoms with van der Waals surface area (Å²) in [5.41, 5.74) is 1.38. The molecular formula is C17H30N4OS. The summed E-state index contributed by atoms with van der Waals surface area (Å²) < 4.78 is 5.51. The van der Waals surface area contributed by atoms with Crippen molar-refractivity contribution in [1.29, 1.82) is 0 Å². The second-order valence-electron chi connectivity index (χ2n) is 6.30. The van der Waals surface area contributed by atoms with E-state index in [2.05, 4.69) is 58.1 Å². The van der Waals surface area contributed by atoms with Gasteiger partial charge in [-0.2, -0.15) is 11.3 Å². The van der Waals surface area contributed by atoms with Crippen LogP contribution in [0.3, 0.4) is 0 Å². The molecule has 6 heteroatoms. The molecule has 1 fully saturated rings. The van der Waals surface area contributed by atoms with E-state index in [1.807, 2.05) is 7.05 Å². The molecule has 0 amide bonds. The highest BCUT2D eigenvalue weighted by molar-refractivity contribution is 7.07. The molecule has 0 bridgehead atoms. The number of ether oxygens (including phenoxy) is 1. The lowest BCUT2D eigenvalue weighted by molar-refractivity contribution is -0.0174. The average Bonchev–Trinajstić information content (AvgIpc) is 3.09. The second-order valence-corrected chi connectivity index (χ2v) is 7.08. The standard InChI is InChI=1S/C17H30N4OS/c1-13(16-5-8-23-12-16)9-19-17(18-4)20-10-14(2)21-6-7-22-11-15(21)3/h5,8,12-15H,6-7,9-11H2,1-4H3,(H2,18,19,20). The Labute approximate surface area is 144 Å². The van der Waals surface area contributed by atoms with Crippen LogP contribution in [0.4, 0.5) is 0 Å². The summed E-state index contributed by atoms with van der Waals surface area (Å²) in [4.78, 5) is 6.83. The van der Waals surface area contributed by atoms with Crippen LogP contribution in [0, 0.1) is 0 Å². The van der Waals surface area contributed by atoms with Gasteiger partial charge in [-0.15, -0.1) is 0 Å². The van der Waals surface area contributed by atoms with E-state index in [-0.39, 0.29) is 0 Å². The third kappa shape index (κ3) is 5.48. The van der Waals surface area contributed by atoms with Crippen LogP contribution in [0.25, 0.3) is 0 Å². The summed E-state index contributed by atoms with van der Waals surface area (Å²) in [5.74, 6) is 1.36. The number of guanidine groups is 1. The van der Waals surface area contributed by atoms with Crippen LogP contribution >= 0.6 is 11.3 Å². The van der Waals surface area contributed by atoms with Crippen LogP contribution in [-0.4, -0.2) is 62.8 Å². The molecule has 2 heterocycles. The Hall–Kier alpha value is -1.11. The molecule has 1 aliphatic rings. The van der Waals surface area contributed by atoms with E-state index < -0.39 is 0 Å².